The van der Waals surface area contributed by atoms with Crippen LogP contribution in [0.1, 0.15) is 51.4 Å². The normalized spacial score (nSPS) is 44.3. The van der Waals surface area contributed by atoms with E-state index in [9.17, 15) is 9.59 Å². The first kappa shape index (κ1) is 21.1. The van der Waals surface area contributed by atoms with E-state index >= 15 is 4.39 Å². The second-order valence-electron chi connectivity index (χ2n) is 10.7. The van der Waals surface area contributed by atoms with Crippen molar-refractivity contribution in [1.82, 2.24) is 14.7 Å². The minimum absolute atomic E-state index is 0.0299. The summed E-state index contributed by atoms with van der Waals surface area (Å²) in [5.41, 5.74) is 6.43. The molecule has 4 aliphatic heterocycles. The minimum Gasteiger partial charge on any atom is -0.369 e. The van der Waals surface area contributed by atoms with Gasteiger partial charge in [-0.2, -0.15) is 0 Å². The maximum atomic E-state index is 15.8. The van der Waals surface area contributed by atoms with Crippen molar-refractivity contribution < 1.29 is 18.7 Å². The Morgan fingerprint density at radius 1 is 1.06 bits per heavy atom. The van der Waals surface area contributed by atoms with Gasteiger partial charge in [0.2, 0.25) is 0 Å². The van der Waals surface area contributed by atoms with Gasteiger partial charge >= 0.3 is 0 Å². The lowest BCUT2D eigenvalue weighted by Crippen LogP contribution is -2.73. The Kier molecular flexibility index (Phi) is 5.30. The third kappa shape index (κ3) is 3.24. The average Bonchev–Trinajstić information content (AvgIpc) is 3.47. The van der Waals surface area contributed by atoms with E-state index in [1.54, 1.807) is 4.90 Å². The summed E-state index contributed by atoms with van der Waals surface area (Å²) >= 11 is 0. The summed E-state index contributed by atoms with van der Waals surface area (Å²) in [7, 11) is 0. The molecular formula is C24H35FN4O3. The molecule has 0 aromatic heterocycles. The number of hydrogen-bond donors (Lipinski definition) is 1. The quantitative estimate of drug-likeness (QED) is 0.643. The molecule has 6 rings (SSSR count). The number of nitrogens with zero attached hydrogens (tertiary/aromatic N) is 3. The van der Waals surface area contributed by atoms with E-state index in [0.717, 1.165) is 51.5 Å². The molecule has 2 aliphatic carbocycles. The van der Waals surface area contributed by atoms with Crippen LogP contribution in [0.5, 0.6) is 0 Å². The molecule has 7 nitrogen and oxygen atoms in total. The zero-order chi connectivity index (χ0) is 22.0. The second kappa shape index (κ2) is 8.06. The molecule has 6 aliphatic rings. The number of rotatable bonds is 2. The Labute approximate surface area is 189 Å². The molecule has 2 N–H and O–H groups in total. The standard InChI is InChI=1S/C24H35FN4O3/c25-17-11-15-20-23(21(17)28-10-7-14(26)12-28)32-19-6-2-1-5-18(19)29(20)13-16(22(15)30)24(31)27-8-3-4-9-27/h13-15,17-21,23H,1-12,26H2. The second-order valence-corrected chi connectivity index (χ2v) is 10.7. The van der Waals surface area contributed by atoms with Crippen LogP contribution in [0.15, 0.2) is 11.8 Å². The molecule has 5 fully saturated rings. The van der Waals surface area contributed by atoms with Crippen molar-refractivity contribution in [3.8, 4) is 0 Å². The first-order valence-electron chi connectivity index (χ1n) is 12.6. The van der Waals surface area contributed by atoms with Crippen LogP contribution in [0.3, 0.4) is 0 Å². The van der Waals surface area contributed by atoms with E-state index < -0.39 is 12.1 Å². The Morgan fingerprint density at radius 2 is 1.84 bits per heavy atom. The Morgan fingerprint density at radius 3 is 2.59 bits per heavy atom. The van der Waals surface area contributed by atoms with Crippen molar-refractivity contribution in [1.29, 1.82) is 0 Å². The largest absolute Gasteiger partial charge is 0.369 e. The molecule has 176 valence electrons. The zero-order valence-electron chi connectivity index (χ0n) is 18.7. The Hall–Kier alpha value is -1.51. The van der Waals surface area contributed by atoms with Gasteiger partial charge < -0.3 is 20.3 Å². The molecule has 8 unspecified atom stereocenters. The van der Waals surface area contributed by atoms with E-state index in [0.29, 0.717) is 19.6 Å². The number of morpholine rings is 1. The van der Waals surface area contributed by atoms with Crippen LogP contribution in [0.4, 0.5) is 4.39 Å². The number of halogens is 1. The topological polar surface area (TPSA) is 79.1 Å². The average molecular weight is 447 g/mol. The fourth-order valence-corrected chi connectivity index (χ4v) is 7.33. The maximum Gasteiger partial charge on any atom is 0.258 e. The highest BCUT2D eigenvalue weighted by molar-refractivity contribution is 6.20. The molecule has 8 heteroatoms. The summed E-state index contributed by atoms with van der Waals surface area (Å²) in [6.45, 7) is 2.87. The van der Waals surface area contributed by atoms with Gasteiger partial charge in [-0.1, -0.05) is 12.8 Å². The smallest absolute Gasteiger partial charge is 0.258 e. The Bertz CT molecular complexity index is 815. The monoisotopic (exact) mass is 446 g/mol. The number of amides is 1. The van der Waals surface area contributed by atoms with Crippen molar-refractivity contribution in [3.63, 3.8) is 0 Å². The number of alkyl halides is 1. The highest BCUT2D eigenvalue weighted by Gasteiger charge is 2.60. The summed E-state index contributed by atoms with van der Waals surface area (Å²) in [5.74, 6) is -0.855. The van der Waals surface area contributed by atoms with Crippen LogP contribution in [0.2, 0.25) is 0 Å². The molecule has 0 aromatic rings. The lowest BCUT2D eigenvalue weighted by atomic mass is 9.69. The molecule has 1 amide bonds. The Balaban J connectivity index is 1.38. The van der Waals surface area contributed by atoms with Gasteiger partial charge in [0.15, 0.2) is 5.78 Å². The lowest BCUT2D eigenvalue weighted by molar-refractivity contribution is -0.210. The molecule has 0 radical (unpaired) electrons. The van der Waals surface area contributed by atoms with Crippen molar-refractivity contribution in [2.75, 3.05) is 26.2 Å². The molecule has 0 bridgehead atoms. The fraction of sp³-hybridized carbons (Fsp3) is 0.833. The van der Waals surface area contributed by atoms with Gasteiger partial charge in [0.25, 0.3) is 5.91 Å². The molecule has 3 saturated heterocycles. The molecule has 0 spiro atoms. The molecule has 32 heavy (non-hydrogen) atoms. The van der Waals surface area contributed by atoms with Crippen LogP contribution < -0.4 is 5.73 Å². The van der Waals surface area contributed by atoms with E-state index in [-0.39, 0.29) is 60.1 Å². The summed E-state index contributed by atoms with van der Waals surface area (Å²) in [6.07, 6.45) is 7.54. The predicted molar refractivity (Wildman–Crippen MR) is 116 cm³/mol. The van der Waals surface area contributed by atoms with E-state index in [1.165, 1.54) is 0 Å². The fourth-order valence-electron chi connectivity index (χ4n) is 7.33. The number of carbonyl (C=O) groups excluding carboxylic acids is 2. The van der Waals surface area contributed by atoms with Crippen molar-refractivity contribution in [3.05, 3.63) is 11.8 Å². The first-order valence-corrected chi connectivity index (χ1v) is 12.6. The van der Waals surface area contributed by atoms with Crippen molar-refractivity contribution in [2.24, 2.45) is 11.7 Å². The number of hydrogen-bond acceptors (Lipinski definition) is 6. The number of likely N-dealkylation sites (tertiary alicyclic amines) is 2. The van der Waals surface area contributed by atoms with Gasteiger partial charge in [0.05, 0.1) is 35.9 Å². The van der Waals surface area contributed by atoms with Crippen LogP contribution in [0.25, 0.3) is 0 Å². The third-order valence-corrected chi connectivity index (χ3v) is 8.84. The lowest BCUT2D eigenvalue weighted by Gasteiger charge is -2.60. The van der Waals surface area contributed by atoms with Gasteiger partial charge in [-0.15, -0.1) is 0 Å². The number of ether oxygens (including phenoxy) is 1. The van der Waals surface area contributed by atoms with Crippen LogP contribution >= 0.6 is 0 Å². The summed E-state index contributed by atoms with van der Waals surface area (Å²) < 4.78 is 22.4. The van der Waals surface area contributed by atoms with Gasteiger partial charge in [-0.25, -0.2) is 4.39 Å². The summed E-state index contributed by atoms with van der Waals surface area (Å²) in [5, 5.41) is 0. The van der Waals surface area contributed by atoms with Gasteiger partial charge in [-0.3, -0.25) is 14.5 Å². The summed E-state index contributed by atoms with van der Waals surface area (Å²) in [4.78, 5) is 33.1. The first-order chi connectivity index (χ1) is 15.5. The number of Topliss-reactive ketones (excluding diaryl/α,β-unsaturated/α-hetero) is 1. The molecule has 2 saturated carbocycles. The highest BCUT2D eigenvalue weighted by atomic mass is 19.1. The molecule has 8 atom stereocenters. The minimum atomic E-state index is -1.15. The van der Waals surface area contributed by atoms with Gasteiger partial charge in [0.1, 0.15) is 6.17 Å². The SMILES string of the molecule is NC1CCN(C2C(F)CC3C(=O)C(C(=O)N4CCCC4)=CN4C5CCCCC5OC2C34)C1. The number of carbonyl (C=O) groups is 2. The number of nitrogens with two attached hydrogens (primary N) is 1. The zero-order valence-corrected chi connectivity index (χ0v) is 18.7. The highest BCUT2D eigenvalue weighted by Crippen LogP contribution is 2.47. The van der Waals surface area contributed by atoms with Crippen LogP contribution in [-0.2, 0) is 14.3 Å². The van der Waals surface area contributed by atoms with Gasteiger partial charge in [0, 0.05) is 44.3 Å². The maximum absolute atomic E-state index is 15.8. The van der Waals surface area contributed by atoms with E-state index in [2.05, 4.69) is 9.80 Å². The van der Waals surface area contributed by atoms with Crippen LogP contribution in [-0.4, -0.2) is 95.1 Å². The number of fused-ring (bicyclic) bond motifs is 2. The van der Waals surface area contributed by atoms with Crippen molar-refractivity contribution >= 4 is 11.7 Å². The van der Waals surface area contributed by atoms with E-state index in [1.807, 2.05) is 6.20 Å². The number of ketones is 1. The summed E-state index contributed by atoms with van der Waals surface area (Å²) in [6, 6.07) is -0.322. The van der Waals surface area contributed by atoms with Crippen LogP contribution in [0, 0.1) is 5.92 Å². The molecule has 4 heterocycles. The predicted octanol–water partition coefficient (Wildman–Crippen LogP) is 1.22. The van der Waals surface area contributed by atoms with Crippen molar-refractivity contribution in [2.45, 2.75) is 93.9 Å². The molecular weight excluding hydrogens is 411 g/mol. The third-order valence-electron chi connectivity index (χ3n) is 8.84. The van der Waals surface area contributed by atoms with Gasteiger partial charge in [-0.05, 0) is 38.5 Å². The van der Waals surface area contributed by atoms with E-state index in [4.69, 9.17) is 10.5 Å². The molecule has 0 aromatic carbocycles.